The van der Waals surface area contributed by atoms with Gasteiger partial charge in [-0.3, -0.25) is 4.98 Å². The van der Waals surface area contributed by atoms with E-state index in [4.69, 9.17) is 15.4 Å². The number of hydrogen-bond donors (Lipinski definition) is 1. The third-order valence-electron chi connectivity index (χ3n) is 2.80. The van der Waals surface area contributed by atoms with Crippen molar-refractivity contribution in [2.45, 2.75) is 0 Å². The molecule has 4 nitrogen and oxygen atoms in total. The fourth-order valence-electron chi connectivity index (χ4n) is 1.93. The topological polar surface area (TPSA) is 75.8 Å². The first-order chi connectivity index (χ1) is 9.31. The van der Waals surface area contributed by atoms with Gasteiger partial charge >= 0.3 is 0 Å². The van der Waals surface area contributed by atoms with Crippen LogP contribution in [0.5, 0.6) is 0 Å². The summed E-state index contributed by atoms with van der Waals surface area (Å²) in [5, 5.41) is 9.15. The second kappa shape index (κ2) is 4.59. The molecule has 0 spiro atoms. The van der Waals surface area contributed by atoms with Crippen molar-refractivity contribution in [1.82, 2.24) is 4.98 Å². The minimum absolute atomic E-state index is 0.509. The smallest absolute Gasteiger partial charge is 0.129 e. The van der Waals surface area contributed by atoms with Crippen molar-refractivity contribution in [3.05, 3.63) is 48.0 Å². The van der Waals surface area contributed by atoms with Crippen LogP contribution in [0.3, 0.4) is 0 Å². The molecule has 2 N–H and O–H groups in total. The summed E-state index contributed by atoms with van der Waals surface area (Å²) in [5.41, 5.74) is 9.33. The van der Waals surface area contributed by atoms with Gasteiger partial charge in [-0.05, 0) is 23.8 Å². The summed E-state index contributed by atoms with van der Waals surface area (Å²) in [7, 11) is 0. The third-order valence-corrected chi connectivity index (χ3v) is 3.96. The standard InChI is InChI=1S/C14H9N3OS/c15-7-11-13(16)12(9-1-4-17-5-2-9)14(19-11)10-3-6-18-8-10/h1-6,8H,16H2. The molecule has 0 saturated carbocycles. The van der Waals surface area contributed by atoms with E-state index in [2.05, 4.69) is 11.1 Å². The zero-order valence-electron chi connectivity index (χ0n) is 9.83. The molecule has 3 rings (SSSR count). The summed E-state index contributed by atoms with van der Waals surface area (Å²) < 4.78 is 5.11. The second-order valence-corrected chi connectivity index (χ2v) is 4.93. The monoisotopic (exact) mass is 267 g/mol. The van der Waals surface area contributed by atoms with E-state index < -0.39 is 0 Å². The van der Waals surface area contributed by atoms with Crippen molar-refractivity contribution in [2.75, 3.05) is 5.73 Å². The summed E-state index contributed by atoms with van der Waals surface area (Å²) in [6.07, 6.45) is 6.67. The highest BCUT2D eigenvalue weighted by molar-refractivity contribution is 7.17. The molecular weight excluding hydrogens is 258 g/mol. The van der Waals surface area contributed by atoms with Crippen LogP contribution in [-0.2, 0) is 0 Å². The van der Waals surface area contributed by atoms with Gasteiger partial charge in [-0.25, -0.2) is 0 Å². The first-order valence-electron chi connectivity index (χ1n) is 5.56. The van der Waals surface area contributed by atoms with E-state index in [1.807, 2.05) is 18.2 Å². The molecule has 0 amide bonds. The van der Waals surface area contributed by atoms with Gasteiger partial charge in [-0.15, -0.1) is 11.3 Å². The molecule has 0 atom stereocenters. The molecule has 19 heavy (non-hydrogen) atoms. The highest BCUT2D eigenvalue weighted by Crippen LogP contribution is 2.44. The molecule has 0 radical (unpaired) electrons. The predicted molar refractivity (Wildman–Crippen MR) is 74.4 cm³/mol. The SMILES string of the molecule is N#Cc1sc(-c2ccoc2)c(-c2ccncc2)c1N. The fraction of sp³-hybridized carbons (Fsp3) is 0. The molecule has 3 aromatic heterocycles. The minimum Gasteiger partial charge on any atom is -0.472 e. The number of hydrogen-bond acceptors (Lipinski definition) is 5. The number of nitrogen functional groups attached to an aromatic ring is 1. The van der Waals surface area contributed by atoms with E-state index >= 15 is 0 Å². The lowest BCUT2D eigenvalue weighted by Crippen LogP contribution is -1.89. The van der Waals surface area contributed by atoms with Crippen LogP contribution in [0.1, 0.15) is 4.88 Å². The Balaban J connectivity index is 2.29. The number of nitriles is 1. The molecule has 3 heterocycles. The van der Waals surface area contributed by atoms with Gasteiger partial charge < -0.3 is 10.2 Å². The summed E-state index contributed by atoms with van der Waals surface area (Å²) >= 11 is 1.37. The maximum Gasteiger partial charge on any atom is 0.129 e. The zero-order chi connectivity index (χ0) is 13.2. The second-order valence-electron chi connectivity index (χ2n) is 3.91. The van der Waals surface area contributed by atoms with Crippen LogP contribution in [0, 0.1) is 11.3 Å². The first kappa shape index (κ1) is 11.5. The Morgan fingerprint density at radius 2 is 2.00 bits per heavy atom. The van der Waals surface area contributed by atoms with Crippen LogP contribution >= 0.6 is 11.3 Å². The normalized spacial score (nSPS) is 10.3. The highest BCUT2D eigenvalue weighted by atomic mass is 32.1. The van der Waals surface area contributed by atoms with Crippen molar-refractivity contribution < 1.29 is 4.42 Å². The predicted octanol–water partition coefficient (Wildman–Crippen LogP) is 3.52. The minimum atomic E-state index is 0.509. The Bertz CT molecular complexity index is 739. The van der Waals surface area contributed by atoms with E-state index in [0.29, 0.717) is 10.6 Å². The lowest BCUT2D eigenvalue weighted by molar-refractivity contribution is 0.568. The molecule has 0 aliphatic carbocycles. The van der Waals surface area contributed by atoms with Gasteiger partial charge in [0.2, 0.25) is 0 Å². The number of furan rings is 1. The van der Waals surface area contributed by atoms with E-state index in [1.54, 1.807) is 24.9 Å². The Morgan fingerprint density at radius 3 is 2.63 bits per heavy atom. The summed E-state index contributed by atoms with van der Waals surface area (Å²) in [6, 6.07) is 7.75. The first-order valence-corrected chi connectivity index (χ1v) is 6.38. The molecule has 0 aromatic carbocycles. The van der Waals surface area contributed by atoms with E-state index in [1.165, 1.54) is 11.3 Å². The number of anilines is 1. The number of rotatable bonds is 2. The van der Waals surface area contributed by atoms with Crippen LogP contribution in [-0.4, -0.2) is 4.98 Å². The molecule has 0 bridgehead atoms. The molecule has 3 aromatic rings. The Kier molecular flexibility index (Phi) is 2.78. The molecule has 0 fully saturated rings. The molecule has 0 saturated heterocycles. The van der Waals surface area contributed by atoms with E-state index in [0.717, 1.165) is 21.6 Å². The fourth-order valence-corrected chi connectivity index (χ4v) is 2.95. The number of thiophene rings is 1. The van der Waals surface area contributed by atoms with Crippen LogP contribution in [0.2, 0.25) is 0 Å². The third kappa shape index (κ3) is 1.88. The van der Waals surface area contributed by atoms with E-state index in [9.17, 15) is 0 Å². The van der Waals surface area contributed by atoms with Gasteiger partial charge in [0.15, 0.2) is 0 Å². The molecular formula is C14H9N3OS. The Labute approximate surface area is 113 Å². The van der Waals surface area contributed by atoms with Crippen molar-refractivity contribution in [1.29, 1.82) is 5.26 Å². The van der Waals surface area contributed by atoms with Crippen molar-refractivity contribution in [2.24, 2.45) is 0 Å². The van der Waals surface area contributed by atoms with Crippen LogP contribution in [0.15, 0.2) is 47.5 Å². The largest absolute Gasteiger partial charge is 0.472 e. The quantitative estimate of drug-likeness (QED) is 0.770. The van der Waals surface area contributed by atoms with Gasteiger partial charge in [-0.2, -0.15) is 5.26 Å². The highest BCUT2D eigenvalue weighted by Gasteiger charge is 2.19. The van der Waals surface area contributed by atoms with E-state index in [-0.39, 0.29) is 0 Å². The Morgan fingerprint density at radius 1 is 1.21 bits per heavy atom. The van der Waals surface area contributed by atoms with Gasteiger partial charge in [0, 0.05) is 28.4 Å². The number of nitrogens with two attached hydrogens (primary N) is 1. The van der Waals surface area contributed by atoms with Crippen LogP contribution < -0.4 is 5.73 Å². The maximum absolute atomic E-state index is 9.15. The lowest BCUT2D eigenvalue weighted by atomic mass is 10.0. The average Bonchev–Trinajstić information content (AvgIpc) is 3.07. The molecule has 92 valence electrons. The van der Waals surface area contributed by atoms with Crippen molar-refractivity contribution in [3.8, 4) is 27.6 Å². The van der Waals surface area contributed by atoms with Crippen LogP contribution in [0.4, 0.5) is 5.69 Å². The molecule has 0 aliphatic heterocycles. The van der Waals surface area contributed by atoms with Crippen molar-refractivity contribution in [3.63, 3.8) is 0 Å². The number of pyridine rings is 1. The summed E-state index contributed by atoms with van der Waals surface area (Å²) in [4.78, 5) is 5.45. The average molecular weight is 267 g/mol. The summed E-state index contributed by atoms with van der Waals surface area (Å²) in [5.74, 6) is 0. The maximum atomic E-state index is 9.15. The molecule has 5 heteroatoms. The molecule has 0 aliphatic rings. The molecule has 0 unspecified atom stereocenters. The Hall–Kier alpha value is -2.58. The lowest BCUT2D eigenvalue weighted by Gasteiger charge is -2.03. The van der Waals surface area contributed by atoms with Crippen molar-refractivity contribution >= 4 is 17.0 Å². The van der Waals surface area contributed by atoms with Gasteiger partial charge in [0.1, 0.15) is 10.9 Å². The van der Waals surface area contributed by atoms with Gasteiger partial charge in [-0.1, -0.05) is 0 Å². The van der Waals surface area contributed by atoms with Crippen LogP contribution in [0.25, 0.3) is 21.6 Å². The van der Waals surface area contributed by atoms with Gasteiger partial charge in [0.05, 0.1) is 18.2 Å². The number of nitrogens with zero attached hydrogens (tertiary/aromatic N) is 2. The zero-order valence-corrected chi connectivity index (χ0v) is 10.6. The van der Waals surface area contributed by atoms with Gasteiger partial charge in [0.25, 0.3) is 0 Å². The number of aromatic nitrogens is 1. The summed E-state index contributed by atoms with van der Waals surface area (Å²) in [6.45, 7) is 0.